The van der Waals surface area contributed by atoms with Gasteiger partial charge in [-0.25, -0.2) is 0 Å². The normalized spacial score (nSPS) is 10.2. The third-order valence-electron chi connectivity index (χ3n) is 2.59. The molecule has 102 valence electrons. The molecule has 1 aromatic carbocycles. The van der Waals surface area contributed by atoms with Gasteiger partial charge in [-0.2, -0.15) is 0 Å². The van der Waals surface area contributed by atoms with Crippen molar-refractivity contribution in [3.05, 3.63) is 67.1 Å². The molecule has 0 saturated carbocycles. The van der Waals surface area contributed by atoms with Crippen LogP contribution in [0.1, 0.15) is 15.2 Å². The van der Waals surface area contributed by atoms with Crippen molar-refractivity contribution in [2.75, 3.05) is 0 Å². The van der Waals surface area contributed by atoms with E-state index < -0.39 is 9.85 Å². The zero-order valence-electron chi connectivity index (χ0n) is 10.0. The number of nitro benzene ring substituents is 1. The van der Waals surface area contributed by atoms with Crippen LogP contribution < -0.4 is 0 Å². The third kappa shape index (κ3) is 2.86. The molecule has 0 spiro atoms. The van der Waals surface area contributed by atoms with Crippen LogP contribution in [-0.2, 0) is 6.42 Å². The number of ketones is 1. The van der Waals surface area contributed by atoms with Crippen LogP contribution in [0, 0.1) is 20.2 Å². The largest absolute Gasteiger partial charge is 0.324 e. The van der Waals surface area contributed by atoms with E-state index in [1.54, 1.807) is 6.07 Å². The molecular weight excluding hydrogens is 284 g/mol. The Morgan fingerprint density at radius 1 is 1.05 bits per heavy atom. The van der Waals surface area contributed by atoms with Gasteiger partial charge in [0.2, 0.25) is 0 Å². The van der Waals surface area contributed by atoms with E-state index in [0.29, 0.717) is 5.56 Å². The number of hydrogen-bond acceptors (Lipinski definition) is 6. The van der Waals surface area contributed by atoms with Crippen molar-refractivity contribution in [1.29, 1.82) is 0 Å². The van der Waals surface area contributed by atoms with Crippen LogP contribution in [0.3, 0.4) is 0 Å². The van der Waals surface area contributed by atoms with Gasteiger partial charge in [-0.3, -0.25) is 25.0 Å². The van der Waals surface area contributed by atoms with Crippen molar-refractivity contribution in [1.82, 2.24) is 0 Å². The summed E-state index contributed by atoms with van der Waals surface area (Å²) >= 11 is 0.764. The number of nitrogens with zero attached hydrogens (tertiary/aromatic N) is 2. The van der Waals surface area contributed by atoms with Crippen LogP contribution in [0.2, 0.25) is 0 Å². The molecule has 2 rings (SSSR count). The Hall–Kier alpha value is -2.61. The minimum atomic E-state index is -0.577. The summed E-state index contributed by atoms with van der Waals surface area (Å²) in [4.78, 5) is 32.5. The highest BCUT2D eigenvalue weighted by molar-refractivity contribution is 7.17. The first-order valence-corrected chi connectivity index (χ1v) is 6.30. The van der Waals surface area contributed by atoms with Crippen molar-refractivity contribution < 1.29 is 14.6 Å². The number of Topliss-reactive ketones (excluding diaryl/α,β-unsaturated/α-hetero) is 1. The van der Waals surface area contributed by atoms with Crippen molar-refractivity contribution in [3.8, 4) is 0 Å². The Labute approximate surface area is 116 Å². The van der Waals surface area contributed by atoms with Gasteiger partial charge in [0, 0.05) is 24.1 Å². The second kappa shape index (κ2) is 5.57. The number of nitro groups is 2. The molecule has 1 heterocycles. The van der Waals surface area contributed by atoms with E-state index in [9.17, 15) is 25.0 Å². The van der Waals surface area contributed by atoms with Crippen LogP contribution in [0.4, 0.5) is 10.7 Å². The van der Waals surface area contributed by atoms with Gasteiger partial charge >= 0.3 is 5.00 Å². The molecule has 0 amide bonds. The standard InChI is InChI=1S/C12H8N2O5S/c15-10(11-5-6-12(20-11)14(18)19)7-8-3-1-2-4-9(8)13(16)17/h1-6H,7H2. The van der Waals surface area contributed by atoms with Gasteiger partial charge in [0.1, 0.15) is 0 Å². The Morgan fingerprint density at radius 2 is 1.75 bits per heavy atom. The van der Waals surface area contributed by atoms with E-state index in [-0.39, 0.29) is 27.8 Å². The van der Waals surface area contributed by atoms with Crippen LogP contribution >= 0.6 is 11.3 Å². The molecule has 0 unspecified atom stereocenters. The maximum absolute atomic E-state index is 12.0. The SMILES string of the molecule is O=C(Cc1ccccc1[N+](=O)[O-])c1ccc([N+](=O)[O-])s1. The minimum absolute atomic E-state index is 0.129. The first-order valence-electron chi connectivity index (χ1n) is 5.49. The summed E-state index contributed by atoms with van der Waals surface area (Å²) in [5.41, 5.74) is 0.158. The summed E-state index contributed by atoms with van der Waals surface area (Å²) < 4.78 is 0. The summed E-state index contributed by atoms with van der Waals surface area (Å²) in [6, 6.07) is 8.54. The molecular formula is C12H8N2O5S. The molecule has 0 radical (unpaired) electrons. The zero-order valence-corrected chi connectivity index (χ0v) is 10.8. The second-order valence-electron chi connectivity index (χ2n) is 3.88. The highest BCUT2D eigenvalue weighted by atomic mass is 32.1. The zero-order chi connectivity index (χ0) is 14.7. The van der Waals surface area contributed by atoms with E-state index in [4.69, 9.17) is 0 Å². The fourth-order valence-corrected chi connectivity index (χ4v) is 2.43. The predicted molar refractivity (Wildman–Crippen MR) is 72.1 cm³/mol. The Balaban J connectivity index is 2.23. The Bertz CT molecular complexity index is 695. The van der Waals surface area contributed by atoms with Crippen LogP contribution in [-0.4, -0.2) is 15.6 Å². The summed E-state index contributed by atoms with van der Waals surface area (Å²) in [6.07, 6.45) is -0.158. The van der Waals surface area contributed by atoms with Crippen molar-refractivity contribution in [3.63, 3.8) is 0 Å². The van der Waals surface area contributed by atoms with Crippen molar-refractivity contribution >= 4 is 27.8 Å². The smallest absolute Gasteiger partial charge is 0.293 e. The summed E-state index contributed by atoms with van der Waals surface area (Å²) in [5.74, 6) is -0.377. The number of carbonyl (C=O) groups excluding carboxylic acids is 1. The predicted octanol–water partition coefficient (Wildman–Crippen LogP) is 2.99. The number of hydrogen-bond donors (Lipinski definition) is 0. The molecule has 20 heavy (non-hydrogen) atoms. The summed E-state index contributed by atoms with van der Waals surface area (Å²) in [5, 5.41) is 21.3. The molecule has 0 fully saturated rings. The highest BCUT2D eigenvalue weighted by Crippen LogP contribution is 2.26. The fraction of sp³-hybridized carbons (Fsp3) is 0.0833. The lowest BCUT2D eigenvalue weighted by atomic mass is 10.1. The Kier molecular flexibility index (Phi) is 3.85. The van der Waals surface area contributed by atoms with Gasteiger partial charge < -0.3 is 0 Å². The lowest BCUT2D eigenvalue weighted by Crippen LogP contribution is -2.04. The molecule has 2 aromatic rings. The minimum Gasteiger partial charge on any atom is -0.293 e. The third-order valence-corrected chi connectivity index (χ3v) is 3.66. The second-order valence-corrected chi connectivity index (χ2v) is 4.94. The van der Waals surface area contributed by atoms with E-state index in [1.807, 2.05) is 0 Å². The maximum Gasteiger partial charge on any atom is 0.324 e. The molecule has 0 aliphatic rings. The molecule has 0 aliphatic heterocycles. The monoisotopic (exact) mass is 292 g/mol. The molecule has 0 aliphatic carbocycles. The average molecular weight is 292 g/mol. The maximum atomic E-state index is 12.0. The van der Waals surface area contributed by atoms with Gasteiger partial charge in [0.15, 0.2) is 5.78 Å². The van der Waals surface area contributed by atoms with Crippen molar-refractivity contribution in [2.24, 2.45) is 0 Å². The van der Waals surface area contributed by atoms with Gasteiger partial charge in [-0.1, -0.05) is 29.5 Å². The Morgan fingerprint density at radius 3 is 2.35 bits per heavy atom. The number of rotatable bonds is 5. The van der Waals surface area contributed by atoms with E-state index in [0.717, 1.165) is 11.3 Å². The van der Waals surface area contributed by atoms with Crippen LogP contribution in [0.5, 0.6) is 0 Å². The quantitative estimate of drug-likeness (QED) is 0.478. The van der Waals surface area contributed by atoms with Gasteiger partial charge in [-0.05, 0) is 6.07 Å². The van der Waals surface area contributed by atoms with E-state index in [2.05, 4.69) is 0 Å². The van der Waals surface area contributed by atoms with Gasteiger partial charge in [0.05, 0.1) is 14.7 Å². The van der Waals surface area contributed by atoms with Crippen LogP contribution in [0.25, 0.3) is 0 Å². The number of thiophene rings is 1. The highest BCUT2D eigenvalue weighted by Gasteiger charge is 2.19. The van der Waals surface area contributed by atoms with E-state index >= 15 is 0 Å². The molecule has 1 aromatic heterocycles. The topological polar surface area (TPSA) is 103 Å². The molecule has 7 nitrogen and oxygen atoms in total. The first kappa shape index (κ1) is 13.8. The van der Waals surface area contributed by atoms with Gasteiger partial charge in [0.25, 0.3) is 5.69 Å². The summed E-state index contributed by atoms with van der Waals surface area (Å²) in [7, 11) is 0. The van der Waals surface area contributed by atoms with E-state index in [1.165, 1.54) is 30.3 Å². The molecule has 0 bridgehead atoms. The number of carbonyl (C=O) groups is 1. The average Bonchev–Trinajstić information content (AvgIpc) is 2.89. The molecule has 0 saturated heterocycles. The molecule has 0 N–H and O–H groups in total. The fourth-order valence-electron chi connectivity index (χ4n) is 1.67. The molecule has 0 atom stereocenters. The van der Waals surface area contributed by atoms with Gasteiger partial charge in [-0.15, -0.1) is 0 Å². The summed E-state index contributed by atoms with van der Waals surface area (Å²) in [6.45, 7) is 0. The number of para-hydroxylation sites is 1. The first-order chi connectivity index (χ1) is 9.49. The lowest BCUT2D eigenvalue weighted by Gasteiger charge is -2.00. The lowest BCUT2D eigenvalue weighted by molar-refractivity contribution is -0.385. The van der Waals surface area contributed by atoms with Crippen molar-refractivity contribution in [2.45, 2.75) is 6.42 Å². The molecule has 8 heteroatoms. The number of benzene rings is 1. The van der Waals surface area contributed by atoms with Crippen LogP contribution in [0.15, 0.2) is 36.4 Å².